The molecule has 10 heteroatoms. The molecule has 0 saturated carbocycles. The molecule has 3 fully saturated rings. The van der Waals surface area contributed by atoms with Crippen LogP contribution in [0, 0.1) is 0 Å². The van der Waals surface area contributed by atoms with E-state index in [0.717, 1.165) is 43.7 Å². The zero-order valence-corrected chi connectivity index (χ0v) is 18.4. The third-order valence-corrected chi connectivity index (χ3v) is 8.48. The lowest BCUT2D eigenvalue weighted by Gasteiger charge is -2.33. The lowest BCUT2D eigenvalue weighted by Crippen LogP contribution is -2.49. The Balaban J connectivity index is 1.34. The molecular weight excluding hydrogens is 418 g/mol. The molecule has 0 unspecified atom stereocenters. The number of amides is 1. The highest BCUT2D eigenvalue weighted by atomic mass is 32.2. The predicted molar refractivity (Wildman–Crippen MR) is 114 cm³/mol. The Hall–Kier alpha value is -2.04. The maximum atomic E-state index is 13.5. The summed E-state index contributed by atoms with van der Waals surface area (Å²) in [6, 6.07) is 5.58. The van der Waals surface area contributed by atoms with E-state index in [9.17, 15) is 13.2 Å². The van der Waals surface area contributed by atoms with Gasteiger partial charge in [-0.15, -0.1) is 10.2 Å². The van der Waals surface area contributed by atoms with Crippen molar-refractivity contribution >= 4 is 21.4 Å². The molecule has 0 N–H and O–H groups in total. The molecule has 31 heavy (non-hydrogen) atoms. The first-order valence-corrected chi connectivity index (χ1v) is 13.0. The average Bonchev–Trinajstić information content (AvgIpc) is 3.53. The zero-order chi connectivity index (χ0) is 21.4. The highest BCUT2D eigenvalue weighted by Gasteiger charge is 2.38. The molecule has 3 saturated heterocycles. The van der Waals surface area contributed by atoms with Gasteiger partial charge in [-0.1, -0.05) is 6.07 Å². The summed E-state index contributed by atoms with van der Waals surface area (Å²) >= 11 is 0. The van der Waals surface area contributed by atoms with E-state index < -0.39 is 9.84 Å². The average molecular weight is 448 g/mol. The Morgan fingerprint density at radius 3 is 2.87 bits per heavy atom. The molecule has 5 heterocycles. The topological polar surface area (TPSA) is 97.1 Å². The van der Waals surface area contributed by atoms with Crippen molar-refractivity contribution in [2.75, 3.05) is 37.7 Å². The second kappa shape index (κ2) is 8.48. The van der Waals surface area contributed by atoms with Crippen molar-refractivity contribution in [1.29, 1.82) is 0 Å². The van der Waals surface area contributed by atoms with Crippen LogP contribution < -0.4 is 0 Å². The van der Waals surface area contributed by atoms with E-state index in [1.807, 2.05) is 28.8 Å². The number of pyridine rings is 1. The van der Waals surface area contributed by atoms with Gasteiger partial charge < -0.3 is 9.64 Å². The van der Waals surface area contributed by atoms with E-state index in [0.29, 0.717) is 19.6 Å². The van der Waals surface area contributed by atoms with E-state index in [4.69, 9.17) is 4.74 Å². The summed E-state index contributed by atoms with van der Waals surface area (Å²) in [5.41, 5.74) is 0.798. The first-order chi connectivity index (χ1) is 15.0. The first kappa shape index (κ1) is 20.8. The summed E-state index contributed by atoms with van der Waals surface area (Å²) in [4.78, 5) is 17.4. The smallest absolute Gasteiger partial charge is 0.237 e. The molecule has 0 radical (unpaired) electrons. The van der Waals surface area contributed by atoms with Gasteiger partial charge in [-0.25, -0.2) is 8.42 Å². The molecule has 0 aliphatic carbocycles. The number of carbonyl (C=O) groups is 1. The van der Waals surface area contributed by atoms with Crippen LogP contribution in [0.1, 0.15) is 44.0 Å². The van der Waals surface area contributed by atoms with Crippen LogP contribution in [0.3, 0.4) is 0 Å². The van der Waals surface area contributed by atoms with Crippen LogP contribution >= 0.6 is 0 Å². The molecule has 3 aliphatic heterocycles. The number of likely N-dealkylation sites (tertiary alicyclic amines) is 1. The van der Waals surface area contributed by atoms with Crippen molar-refractivity contribution < 1.29 is 17.9 Å². The van der Waals surface area contributed by atoms with Crippen molar-refractivity contribution in [3.05, 3.63) is 30.2 Å². The minimum Gasteiger partial charge on any atom is -0.376 e. The van der Waals surface area contributed by atoms with Gasteiger partial charge in [-0.2, -0.15) is 0 Å². The molecule has 1 amide bonds. The summed E-state index contributed by atoms with van der Waals surface area (Å²) in [6.07, 6.45) is 6.29. The van der Waals surface area contributed by atoms with Crippen LogP contribution in [0.25, 0.3) is 5.65 Å². The molecule has 0 spiro atoms. The number of rotatable bonds is 6. The minimum atomic E-state index is -3.08. The van der Waals surface area contributed by atoms with Crippen molar-refractivity contribution in [3.8, 4) is 0 Å². The lowest BCUT2D eigenvalue weighted by atomic mass is 10.1. The Morgan fingerprint density at radius 2 is 2.10 bits per heavy atom. The van der Waals surface area contributed by atoms with E-state index in [1.165, 1.54) is 0 Å². The summed E-state index contributed by atoms with van der Waals surface area (Å²) < 4.78 is 31.9. The van der Waals surface area contributed by atoms with Gasteiger partial charge in [0, 0.05) is 25.4 Å². The molecule has 2 aromatic rings. The Kier molecular flexibility index (Phi) is 5.70. The zero-order valence-electron chi connectivity index (χ0n) is 17.6. The summed E-state index contributed by atoms with van der Waals surface area (Å²) in [5, 5.41) is 8.67. The van der Waals surface area contributed by atoms with Gasteiger partial charge in [0.25, 0.3) is 0 Å². The SMILES string of the molecule is O=C(CN1CCC[C@@H]1c1nnc2ccccn12)N(C[C@H]1CCCO1)[C@H]1CCS(=O)(=O)C1. The fraction of sp³-hybridized carbons (Fsp3) is 0.667. The normalized spacial score (nSPS) is 28.5. The Labute approximate surface area is 182 Å². The number of carbonyl (C=O) groups excluding carboxylic acids is 1. The van der Waals surface area contributed by atoms with Gasteiger partial charge in [0.15, 0.2) is 21.3 Å². The highest BCUT2D eigenvalue weighted by Crippen LogP contribution is 2.31. The van der Waals surface area contributed by atoms with Gasteiger partial charge in [0.1, 0.15) is 0 Å². The van der Waals surface area contributed by atoms with Crippen LogP contribution in [0.5, 0.6) is 0 Å². The molecule has 168 valence electrons. The quantitative estimate of drug-likeness (QED) is 0.653. The summed E-state index contributed by atoms with van der Waals surface area (Å²) in [7, 11) is -3.08. The number of sulfone groups is 1. The van der Waals surface area contributed by atoms with Crippen LogP contribution in [0.2, 0.25) is 0 Å². The lowest BCUT2D eigenvalue weighted by molar-refractivity contribution is -0.136. The third kappa shape index (κ3) is 4.33. The van der Waals surface area contributed by atoms with E-state index in [1.54, 1.807) is 4.90 Å². The highest BCUT2D eigenvalue weighted by molar-refractivity contribution is 7.91. The molecule has 9 nitrogen and oxygen atoms in total. The van der Waals surface area contributed by atoms with Crippen molar-refractivity contribution in [1.82, 2.24) is 24.4 Å². The molecule has 2 aromatic heterocycles. The van der Waals surface area contributed by atoms with Gasteiger partial charge in [-0.3, -0.25) is 14.1 Å². The van der Waals surface area contributed by atoms with Crippen LogP contribution in [-0.2, 0) is 19.4 Å². The maximum Gasteiger partial charge on any atom is 0.237 e. The Morgan fingerprint density at radius 1 is 1.19 bits per heavy atom. The van der Waals surface area contributed by atoms with Crippen LogP contribution in [-0.4, -0.2) is 88.6 Å². The molecular formula is C21H29N5O4S. The van der Waals surface area contributed by atoms with Gasteiger partial charge in [-0.05, 0) is 50.8 Å². The fourth-order valence-electron chi connectivity index (χ4n) is 5.14. The van der Waals surface area contributed by atoms with Crippen molar-refractivity contribution in [2.24, 2.45) is 0 Å². The van der Waals surface area contributed by atoms with Crippen LogP contribution in [0.4, 0.5) is 0 Å². The second-order valence-corrected chi connectivity index (χ2v) is 11.1. The monoisotopic (exact) mass is 447 g/mol. The number of hydrogen-bond donors (Lipinski definition) is 0. The van der Waals surface area contributed by atoms with E-state index >= 15 is 0 Å². The fourth-order valence-corrected chi connectivity index (χ4v) is 6.87. The van der Waals surface area contributed by atoms with Gasteiger partial charge in [0.05, 0.1) is 30.2 Å². The maximum absolute atomic E-state index is 13.5. The van der Waals surface area contributed by atoms with Crippen LogP contribution in [0.15, 0.2) is 24.4 Å². The molecule has 0 aromatic carbocycles. The first-order valence-electron chi connectivity index (χ1n) is 11.2. The largest absolute Gasteiger partial charge is 0.376 e. The number of fused-ring (bicyclic) bond motifs is 1. The molecule has 3 atom stereocenters. The molecule has 3 aliphatic rings. The minimum absolute atomic E-state index is 0.00192. The number of aromatic nitrogens is 3. The summed E-state index contributed by atoms with van der Waals surface area (Å²) in [6.45, 7) is 2.26. The molecule has 0 bridgehead atoms. The predicted octanol–water partition coefficient (Wildman–Crippen LogP) is 1.06. The van der Waals surface area contributed by atoms with E-state index in [2.05, 4.69) is 15.1 Å². The third-order valence-electron chi connectivity index (χ3n) is 6.73. The van der Waals surface area contributed by atoms with Crippen molar-refractivity contribution in [2.45, 2.75) is 50.3 Å². The van der Waals surface area contributed by atoms with Gasteiger partial charge >= 0.3 is 0 Å². The van der Waals surface area contributed by atoms with E-state index in [-0.39, 0.29) is 42.1 Å². The second-order valence-electron chi connectivity index (χ2n) is 8.85. The number of ether oxygens (including phenoxy) is 1. The Bertz CT molecular complexity index is 1050. The number of nitrogens with zero attached hydrogens (tertiary/aromatic N) is 5. The van der Waals surface area contributed by atoms with Crippen molar-refractivity contribution in [3.63, 3.8) is 0 Å². The number of hydrogen-bond acceptors (Lipinski definition) is 7. The van der Waals surface area contributed by atoms with Gasteiger partial charge in [0.2, 0.25) is 5.91 Å². The standard InChI is InChI=1S/C21H29N5O4S/c27-20(26(13-17-5-4-11-30-17)16-8-12-31(28,29)15-16)14-24-9-3-6-18(24)21-23-22-19-7-1-2-10-25(19)21/h1-2,7,10,16-18H,3-6,8-9,11-15H2/t16-,17+,18+/m0/s1. The molecule has 5 rings (SSSR count). The summed E-state index contributed by atoms with van der Waals surface area (Å²) in [5.74, 6) is 1.06.